The van der Waals surface area contributed by atoms with Crippen LogP contribution in [0, 0.1) is 0 Å². The molecule has 8 nitrogen and oxygen atoms in total. The smallest absolute Gasteiger partial charge is 0.322 e. The number of benzene rings is 1. The average Bonchev–Trinajstić information content (AvgIpc) is 3.42. The summed E-state index contributed by atoms with van der Waals surface area (Å²) in [6, 6.07) is 8.75. The van der Waals surface area contributed by atoms with Crippen molar-refractivity contribution in [3.63, 3.8) is 0 Å². The molecule has 0 bridgehead atoms. The zero-order valence-corrected chi connectivity index (χ0v) is 18.3. The first-order valence-corrected chi connectivity index (χ1v) is 10.6. The molecule has 32 heavy (non-hydrogen) atoms. The van der Waals surface area contributed by atoms with E-state index < -0.39 is 12.1 Å². The second-order valence-corrected chi connectivity index (χ2v) is 7.98. The average molecular weight is 455 g/mol. The first kappa shape index (κ1) is 21.7. The van der Waals surface area contributed by atoms with Gasteiger partial charge in [-0.05, 0) is 30.7 Å². The van der Waals surface area contributed by atoms with Crippen molar-refractivity contribution in [2.24, 2.45) is 0 Å². The van der Waals surface area contributed by atoms with Crippen LogP contribution in [0.3, 0.4) is 0 Å². The summed E-state index contributed by atoms with van der Waals surface area (Å²) in [5.41, 5.74) is 1.58. The van der Waals surface area contributed by atoms with Gasteiger partial charge in [0.15, 0.2) is 0 Å². The molecular weight excluding hydrogens is 432 g/mol. The number of amides is 4. The van der Waals surface area contributed by atoms with Crippen molar-refractivity contribution in [1.82, 2.24) is 20.4 Å². The van der Waals surface area contributed by atoms with Gasteiger partial charge in [-0.3, -0.25) is 14.5 Å². The van der Waals surface area contributed by atoms with Crippen molar-refractivity contribution >= 4 is 29.4 Å². The monoisotopic (exact) mass is 454 g/mol. The van der Waals surface area contributed by atoms with E-state index in [4.69, 9.17) is 16.0 Å². The minimum absolute atomic E-state index is 0.131. The minimum Gasteiger partial charge on any atom is -0.467 e. The number of nitrogens with one attached hydrogen (secondary N) is 2. The van der Waals surface area contributed by atoms with Crippen LogP contribution in [0.4, 0.5) is 4.79 Å². The van der Waals surface area contributed by atoms with Gasteiger partial charge in [0.2, 0.25) is 5.91 Å². The highest BCUT2D eigenvalue weighted by molar-refractivity contribution is 6.31. The van der Waals surface area contributed by atoms with Crippen molar-refractivity contribution in [2.75, 3.05) is 13.1 Å². The van der Waals surface area contributed by atoms with Crippen LogP contribution in [0.25, 0.3) is 0 Å². The van der Waals surface area contributed by atoms with E-state index in [2.05, 4.69) is 17.2 Å². The molecule has 9 heteroatoms. The Morgan fingerprint density at radius 3 is 2.81 bits per heavy atom. The van der Waals surface area contributed by atoms with E-state index >= 15 is 0 Å². The third kappa shape index (κ3) is 3.89. The number of halogens is 1. The molecule has 2 aliphatic heterocycles. The summed E-state index contributed by atoms with van der Waals surface area (Å²) >= 11 is 6.38. The van der Waals surface area contributed by atoms with Crippen molar-refractivity contribution in [3.05, 3.63) is 82.9 Å². The van der Waals surface area contributed by atoms with E-state index in [1.54, 1.807) is 49.4 Å². The molecule has 2 aliphatic rings. The lowest BCUT2D eigenvalue weighted by molar-refractivity contribution is -0.135. The van der Waals surface area contributed by atoms with Gasteiger partial charge in [0, 0.05) is 11.6 Å². The standard InChI is InChI=1S/C23H23ClN4O4/c1-3-10-27-18-13-28(14(2)21(29)25-12-15-7-6-11-32-15)22(30)19(18)20(26-23(27)31)16-8-4-5-9-17(16)24/h3-9,11,14,20H,1,10,12-13H2,2H3,(H,25,29)(H,26,31)/t14-,20+/m0/s1. The van der Waals surface area contributed by atoms with E-state index in [1.807, 2.05) is 0 Å². The van der Waals surface area contributed by atoms with Crippen LogP contribution in [0.1, 0.15) is 24.3 Å². The summed E-state index contributed by atoms with van der Waals surface area (Å²) in [6.45, 7) is 5.95. The molecule has 0 unspecified atom stereocenters. The molecule has 0 fully saturated rings. The Morgan fingerprint density at radius 1 is 1.34 bits per heavy atom. The second kappa shape index (κ2) is 8.92. The van der Waals surface area contributed by atoms with Crippen LogP contribution < -0.4 is 10.6 Å². The van der Waals surface area contributed by atoms with Crippen molar-refractivity contribution in [1.29, 1.82) is 0 Å². The second-order valence-electron chi connectivity index (χ2n) is 7.57. The Labute approximate surface area is 190 Å². The van der Waals surface area contributed by atoms with Gasteiger partial charge < -0.3 is 20.0 Å². The molecule has 0 saturated heterocycles. The highest BCUT2D eigenvalue weighted by Crippen LogP contribution is 2.39. The number of hydrogen-bond acceptors (Lipinski definition) is 4. The maximum Gasteiger partial charge on any atom is 0.322 e. The molecule has 0 saturated carbocycles. The van der Waals surface area contributed by atoms with Gasteiger partial charge in [0.1, 0.15) is 11.8 Å². The van der Waals surface area contributed by atoms with Gasteiger partial charge in [-0.2, -0.15) is 0 Å². The van der Waals surface area contributed by atoms with Gasteiger partial charge in [0.25, 0.3) is 5.91 Å². The van der Waals surface area contributed by atoms with E-state index in [9.17, 15) is 14.4 Å². The maximum absolute atomic E-state index is 13.5. The third-order valence-corrected chi connectivity index (χ3v) is 5.99. The van der Waals surface area contributed by atoms with E-state index in [0.29, 0.717) is 27.6 Å². The van der Waals surface area contributed by atoms with Crippen LogP contribution in [-0.4, -0.2) is 46.8 Å². The van der Waals surface area contributed by atoms with Gasteiger partial charge in [-0.15, -0.1) is 6.58 Å². The molecule has 1 aromatic carbocycles. The van der Waals surface area contributed by atoms with Gasteiger partial charge in [0.05, 0.1) is 36.7 Å². The number of hydrogen-bond donors (Lipinski definition) is 2. The van der Waals surface area contributed by atoms with E-state index in [1.165, 1.54) is 16.1 Å². The number of rotatable bonds is 7. The normalized spacial score (nSPS) is 19.0. The molecule has 2 N–H and O–H groups in total. The van der Waals surface area contributed by atoms with Crippen molar-refractivity contribution < 1.29 is 18.8 Å². The van der Waals surface area contributed by atoms with Crippen LogP contribution in [-0.2, 0) is 16.1 Å². The molecule has 1 aromatic heterocycles. The predicted molar refractivity (Wildman–Crippen MR) is 118 cm³/mol. The first-order valence-electron chi connectivity index (χ1n) is 10.2. The SMILES string of the molecule is C=CCN1C(=O)N[C@H](c2ccccc2Cl)C2=C1CN([C@@H](C)C(=O)NCc1ccco1)C2=O. The molecule has 0 radical (unpaired) electrons. The Hall–Kier alpha value is -3.52. The number of carbonyl (C=O) groups is 3. The Bertz CT molecular complexity index is 1100. The van der Waals surface area contributed by atoms with Crippen LogP contribution in [0.5, 0.6) is 0 Å². The third-order valence-electron chi connectivity index (χ3n) is 5.64. The summed E-state index contributed by atoms with van der Waals surface area (Å²) in [7, 11) is 0. The lowest BCUT2D eigenvalue weighted by Crippen LogP contribution is -2.47. The van der Waals surface area contributed by atoms with Gasteiger partial charge in [-0.1, -0.05) is 35.9 Å². The zero-order chi connectivity index (χ0) is 22.8. The fourth-order valence-electron chi connectivity index (χ4n) is 3.97. The van der Waals surface area contributed by atoms with Crippen molar-refractivity contribution in [2.45, 2.75) is 25.6 Å². The predicted octanol–water partition coefficient (Wildman–Crippen LogP) is 2.99. The molecule has 166 valence electrons. The largest absolute Gasteiger partial charge is 0.467 e. The van der Waals surface area contributed by atoms with Gasteiger partial charge >= 0.3 is 6.03 Å². The summed E-state index contributed by atoms with van der Waals surface area (Å²) in [4.78, 5) is 42.0. The molecule has 0 aliphatic carbocycles. The fraction of sp³-hybridized carbons (Fsp3) is 0.261. The molecule has 4 rings (SSSR count). The van der Waals surface area contributed by atoms with Crippen molar-refractivity contribution in [3.8, 4) is 0 Å². The highest BCUT2D eigenvalue weighted by Gasteiger charge is 2.46. The summed E-state index contributed by atoms with van der Waals surface area (Å²) in [5, 5.41) is 6.10. The lowest BCUT2D eigenvalue weighted by Gasteiger charge is -2.33. The number of furan rings is 1. The van der Waals surface area contributed by atoms with Crippen LogP contribution >= 0.6 is 11.6 Å². The number of carbonyl (C=O) groups excluding carboxylic acids is 3. The number of nitrogens with zero attached hydrogens (tertiary/aromatic N) is 2. The van der Waals surface area contributed by atoms with Crippen LogP contribution in [0.2, 0.25) is 5.02 Å². The Morgan fingerprint density at radius 2 is 2.12 bits per heavy atom. The minimum atomic E-state index is -0.754. The lowest BCUT2D eigenvalue weighted by atomic mass is 9.95. The maximum atomic E-state index is 13.5. The first-order chi connectivity index (χ1) is 15.4. The fourth-order valence-corrected chi connectivity index (χ4v) is 4.21. The molecular formula is C23H23ClN4O4. The molecule has 2 aromatic rings. The molecule has 3 heterocycles. The summed E-state index contributed by atoms with van der Waals surface area (Å²) in [6.07, 6.45) is 3.12. The summed E-state index contributed by atoms with van der Waals surface area (Å²) < 4.78 is 5.24. The highest BCUT2D eigenvalue weighted by atomic mass is 35.5. The molecule has 2 atom stereocenters. The quantitative estimate of drug-likeness (QED) is 0.629. The van der Waals surface area contributed by atoms with Crippen LogP contribution in [0.15, 0.2) is 71.0 Å². The van der Waals surface area contributed by atoms with Gasteiger partial charge in [-0.25, -0.2) is 4.79 Å². The zero-order valence-electron chi connectivity index (χ0n) is 17.5. The topological polar surface area (TPSA) is 94.9 Å². The van der Waals surface area contributed by atoms with E-state index in [-0.39, 0.29) is 37.5 Å². The Kier molecular flexibility index (Phi) is 6.05. The molecule has 4 amide bonds. The number of urea groups is 1. The Balaban J connectivity index is 1.61. The summed E-state index contributed by atoms with van der Waals surface area (Å²) in [5.74, 6) is -0.0282. The molecule has 0 spiro atoms. The van der Waals surface area contributed by atoms with E-state index in [0.717, 1.165) is 0 Å².